The number of hydrogen-bond acceptors (Lipinski definition) is 3. The molecule has 1 amide bonds. The van der Waals surface area contributed by atoms with Gasteiger partial charge in [-0.05, 0) is 12.1 Å². The van der Waals surface area contributed by atoms with E-state index in [4.69, 9.17) is 4.74 Å². The number of aromatic nitrogens is 2. The summed E-state index contributed by atoms with van der Waals surface area (Å²) in [6, 6.07) is 9.51. The molecule has 2 aromatic rings. The average Bonchev–Trinajstić information content (AvgIpc) is 2.85. The molecule has 2 rings (SSSR count). The summed E-state index contributed by atoms with van der Waals surface area (Å²) in [4.78, 5) is 11.9. The molecule has 0 unspecified atom stereocenters. The quantitative estimate of drug-likeness (QED) is 0.864. The first-order valence-electron chi connectivity index (χ1n) is 6.56. The van der Waals surface area contributed by atoms with Crippen LogP contribution in [-0.4, -0.2) is 29.3 Å². The van der Waals surface area contributed by atoms with Crippen LogP contribution in [0.2, 0.25) is 0 Å². The Balaban J connectivity index is 1.82. The molecule has 0 spiro atoms. The zero-order valence-electron chi connectivity index (χ0n) is 11.8. The van der Waals surface area contributed by atoms with Crippen molar-refractivity contribution in [1.82, 2.24) is 15.1 Å². The highest BCUT2D eigenvalue weighted by atomic mass is 16.5. The van der Waals surface area contributed by atoms with E-state index in [0.717, 1.165) is 23.4 Å². The molecule has 0 aliphatic heterocycles. The fraction of sp³-hybridized carbons (Fsp3) is 0.333. The van der Waals surface area contributed by atoms with Crippen molar-refractivity contribution >= 4 is 5.91 Å². The van der Waals surface area contributed by atoms with Crippen LogP contribution in [0.1, 0.15) is 11.3 Å². The van der Waals surface area contributed by atoms with Crippen LogP contribution >= 0.6 is 0 Å². The van der Waals surface area contributed by atoms with E-state index in [-0.39, 0.29) is 5.91 Å². The first-order chi connectivity index (χ1) is 9.70. The number of benzene rings is 1. The Morgan fingerprint density at radius 2 is 2.15 bits per heavy atom. The number of para-hydroxylation sites is 1. The van der Waals surface area contributed by atoms with E-state index in [0.29, 0.717) is 13.0 Å². The van der Waals surface area contributed by atoms with Gasteiger partial charge < -0.3 is 10.1 Å². The lowest BCUT2D eigenvalue weighted by molar-refractivity contribution is -0.120. The van der Waals surface area contributed by atoms with Crippen LogP contribution in [-0.2, 0) is 24.7 Å². The standard InChI is InChI=1S/C15H19N3O2/c1-18-13(8-10-17-18)7-9-16-15(19)11-12-5-3-4-6-14(12)20-2/h3-6,8,10H,7,9,11H2,1-2H3,(H,16,19). The molecule has 1 aromatic carbocycles. The van der Waals surface area contributed by atoms with Crippen molar-refractivity contribution in [3.63, 3.8) is 0 Å². The maximum Gasteiger partial charge on any atom is 0.224 e. The zero-order chi connectivity index (χ0) is 14.4. The number of aryl methyl sites for hydroxylation is 1. The summed E-state index contributed by atoms with van der Waals surface area (Å²) in [7, 11) is 3.51. The topological polar surface area (TPSA) is 56.1 Å². The molecule has 1 heterocycles. The Labute approximate surface area is 118 Å². The second-order valence-electron chi connectivity index (χ2n) is 4.53. The van der Waals surface area contributed by atoms with Gasteiger partial charge in [0, 0.05) is 37.5 Å². The fourth-order valence-corrected chi connectivity index (χ4v) is 2.06. The van der Waals surface area contributed by atoms with Gasteiger partial charge >= 0.3 is 0 Å². The van der Waals surface area contributed by atoms with E-state index in [1.54, 1.807) is 13.3 Å². The summed E-state index contributed by atoms with van der Waals surface area (Å²) < 4.78 is 7.05. The van der Waals surface area contributed by atoms with E-state index in [2.05, 4.69) is 10.4 Å². The molecule has 106 valence electrons. The SMILES string of the molecule is COc1ccccc1CC(=O)NCCc1ccnn1C. The first kappa shape index (κ1) is 14.1. The highest BCUT2D eigenvalue weighted by Gasteiger charge is 2.08. The lowest BCUT2D eigenvalue weighted by atomic mass is 10.1. The van der Waals surface area contributed by atoms with Crippen LogP contribution in [0.3, 0.4) is 0 Å². The van der Waals surface area contributed by atoms with Gasteiger partial charge in [0.2, 0.25) is 5.91 Å². The monoisotopic (exact) mass is 273 g/mol. The number of hydrogen-bond donors (Lipinski definition) is 1. The number of nitrogens with one attached hydrogen (secondary N) is 1. The smallest absolute Gasteiger partial charge is 0.224 e. The van der Waals surface area contributed by atoms with E-state index in [9.17, 15) is 4.79 Å². The normalized spacial score (nSPS) is 10.3. The molecule has 0 saturated carbocycles. The molecule has 5 heteroatoms. The summed E-state index contributed by atoms with van der Waals surface area (Å²) in [6.45, 7) is 0.605. The molecule has 0 fully saturated rings. The van der Waals surface area contributed by atoms with Gasteiger partial charge in [-0.2, -0.15) is 5.10 Å². The fourth-order valence-electron chi connectivity index (χ4n) is 2.06. The third-order valence-electron chi connectivity index (χ3n) is 3.17. The molecule has 0 atom stereocenters. The lowest BCUT2D eigenvalue weighted by Crippen LogP contribution is -2.27. The molecular weight excluding hydrogens is 254 g/mol. The molecule has 1 aromatic heterocycles. The van der Waals surface area contributed by atoms with Crippen LogP contribution < -0.4 is 10.1 Å². The highest BCUT2D eigenvalue weighted by molar-refractivity contribution is 5.79. The minimum Gasteiger partial charge on any atom is -0.496 e. The average molecular weight is 273 g/mol. The number of nitrogens with zero attached hydrogens (tertiary/aromatic N) is 2. The third kappa shape index (κ3) is 3.60. The summed E-state index contributed by atoms with van der Waals surface area (Å²) in [6.07, 6.45) is 2.86. The minimum absolute atomic E-state index is 0.00308. The Morgan fingerprint density at radius 3 is 2.85 bits per heavy atom. The third-order valence-corrected chi connectivity index (χ3v) is 3.17. The van der Waals surface area contributed by atoms with Crippen molar-refractivity contribution in [2.45, 2.75) is 12.8 Å². The molecular formula is C15H19N3O2. The first-order valence-corrected chi connectivity index (χ1v) is 6.56. The lowest BCUT2D eigenvalue weighted by Gasteiger charge is -2.09. The van der Waals surface area contributed by atoms with E-state index >= 15 is 0 Å². The number of carbonyl (C=O) groups excluding carboxylic acids is 1. The van der Waals surface area contributed by atoms with Crippen molar-refractivity contribution in [3.05, 3.63) is 47.8 Å². The Kier molecular flexibility index (Phi) is 4.76. The number of methoxy groups -OCH3 is 1. The van der Waals surface area contributed by atoms with E-state index in [1.165, 1.54) is 0 Å². The molecule has 1 N–H and O–H groups in total. The molecule has 0 bridgehead atoms. The van der Waals surface area contributed by atoms with Gasteiger partial charge in [0.1, 0.15) is 5.75 Å². The summed E-state index contributed by atoms with van der Waals surface area (Å²) >= 11 is 0. The minimum atomic E-state index is -0.00308. The van der Waals surface area contributed by atoms with Gasteiger partial charge in [0.05, 0.1) is 13.5 Å². The number of amides is 1. The summed E-state index contributed by atoms with van der Waals surface area (Å²) in [5.41, 5.74) is 2.00. The zero-order valence-corrected chi connectivity index (χ0v) is 11.8. The summed E-state index contributed by atoms with van der Waals surface area (Å²) in [5.74, 6) is 0.742. The van der Waals surface area contributed by atoms with Gasteiger partial charge in [-0.1, -0.05) is 18.2 Å². The molecule has 5 nitrogen and oxygen atoms in total. The predicted molar refractivity (Wildman–Crippen MR) is 76.6 cm³/mol. The molecule has 0 saturated heterocycles. The van der Waals surface area contributed by atoms with Gasteiger partial charge in [-0.3, -0.25) is 9.48 Å². The van der Waals surface area contributed by atoms with Gasteiger partial charge in [0.25, 0.3) is 0 Å². The van der Waals surface area contributed by atoms with Crippen molar-refractivity contribution in [2.75, 3.05) is 13.7 Å². The van der Waals surface area contributed by atoms with Crippen LogP contribution in [0.4, 0.5) is 0 Å². The largest absolute Gasteiger partial charge is 0.496 e. The van der Waals surface area contributed by atoms with Gasteiger partial charge in [-0.25, -0.2) is 0 Å². The number of carbonyl (C=O) groups is 1. The van der Waals surface area contributed by atoms with E-state index < -0.39 is 0 Å². The predicted octanol–water partition coefficient (Wildman–Crippen LogP) is 1.33. The van der Waals surface area contributed by atoms with Crippen LogP contribution in [0, 0.1) is 0 Å². The number of rotatable bonds is 6. The van der Waals surface area contributed by atoms with E-state index in [1.807, 2.05) is 42.1 Å². The molecule has 20 heavy (non-hydrogen) atoms. The van der Waals surface area contributed by atoms with Crippen molar-refractivity contribution in [1.29, 1.82) is 0 Å². The Morgan fingerprint density at radius 1 is 1.35 bits per heavy atom. The van der Waals surface area contributed by atoms with Crippen LogP contribution in [0.25, 0.3) is 0 Å². The van der Waals surface area contributed by atoms with Crippen molar-refractivity contribution in [2.24, 2.45) is 7.05 Å². The summed E-state index contributed by atoms with van der Waals surface area (Å²) in [5, 5.41) is 7.00. The van der Waals surface area contributed by atoms with Gasteiger partial charge in [0.15, 0.2) is 0 Å². The maximum absolute atomic E-state index is 11.9. The molecule has 0 aliphatic carbocycles. The number of ether oxygens (including phenoxy) is 1. The maximum atomic E-state index is 11.9. The van der Waals surface area contributed by atoms with Crippen LogP contribution in [0.15, 0.2) is 36.5 Å². The highest BCUT2D eigenvalue weighted by Crippen LogP contribution is 2.17. The van der Waals surface area contributed by atoms with Crippen molar-refractivity contribution in [3.8, 4) is 5.75 Å². The Hall–Kier alpha value is -2.30. The van der Waals surface area contributed by atoms with Crippen molar-refractivity contribution < 1.29 is 9.53 Å². The second-order valence-corrected chi connectivity index (χ2v) is 4.53. The second kappa shape index (κ2) is 6.75. The molecule has 0 aliphatic rings. The Bertz CT molecular complexity index is 578. The van der Waals surface area contributed by atoms with Gasteiger partial charge in [-0.15, -0.1) is 0 Å². The molecule has 0 radical (unpaired) electrons. The van der Waals surface area contributed by atoms with Crippen LogP contribution in [0.5, 0.6) is 5.75 Å².